The lowest BCUT2D eigenvalue weighted by molar-refractivity contribution is -0.145. The summed E-state index contributed by atoms with van der Waals surface area (Å²) >= 11 is 0. The molecule has 0 saturated heterocycles. The molecule has 0 aromatic rings. The van der Waals surface area contributed by atoms with Gasteiger partial charge in [-0.2, -0.15) is 0 Å². The lowest BCUT2D eigenvalue weighted by Gasteiger charge is -2.14. The number of nitrogens with zero attached hydrogens (tertiary/aromatic N) is 1. The van der Waals surface area contributed by atoms with E-state index in [1.165, 1.54) is 7.11 Å². The fourth-order valence-corrected chi connectivity index (χ4v) is 0.890. The third kappa shape index (κ3) is 6.42. The number of ether oxygens (including phenoxy) is 2. The van der Waals surface area contributed by atoms with Crippen molar-refractivity contribution in [2.45, 2.75) is 13.3 Å². The Morgan fingerprint density at radius 3 is 2.43 bits per heavy atom. The van der Waals surface area contributed by atoms with Crippen molar-refractivity contribution >= 4 is 11.9 Å². The highest BCUT2D eigenvalue weighted by molar-refractivity contribution is 5.72. The third-order valence-electron chi connectivity index (χ3n) is 1.63. The normalized spacial score (nSPS) is 10.0. The van der Waals surface area contributed by atoms with Gasteiger partial charge >= 0.3 is 11.9 Å². The molecule has 5 heteroatoms. The number of rotatable bonds is 6. The van der Waals surface area contributed by atoms with Crippen molar-refractivity contribution < 1.29 is 19.1 Å². The maximum absolute atomic E-state index is 11.0. The molecule has 5 nitrogen and oxygen atoms in total. The fraction of sp³-hybridized carbons (Fsp3) is 0.778. The Morgan fingerprint density at radius 1 is 1.29 bits per heavy atom. The molecule has 14 heavy (non-hydrogen) atoms. The molecule has 0 aromatic heterocycles. The summed E-state index contributed by atoms with van der Waals surface area (Å²) in [6, 6.07) is 0. The average molecular weight is 203 g/mol. The topological polar surface area (TPSA) is 55.8 Å². The Labute approximate surface area is 84.0 Å². The van der Waals surface area contributed by atoms with Gasteiger partial charge in [0, 0.05) is 6.54 Å². The highest BCUT2D eigenvalue weighted by Crippen LogP contribution is 1.91. The maximum Gasteiger partial charge on any atom is 0.320 e. The summed E-state index contributed by atoms with van der Waals surface area (Å²) in [7, 11) is 3.09. The minimum atomic E-state index is -0.278. The Bertz CT molecular complexity index is 193. The van der Waals surface area contributed by atoms with Gasteiger partial charge in [-0.05, 0) is 14.0 Å². The van der Waals surface area contributed by atoms with Gasteiger partial charge in [-0.15, -0.1) is 0 Å². The second-order valence-electron chi connectivity index (χ2n) is 2.87. The monoisotopic (exact) mass is 203 g/mol. The smallest absolute Gasteiger partial charge is 0.320 e. The van der Waals surface area contributed by atoms with Crippen LogP contribution in [-0.4, -0.2) is 50.7 Å². The number of esters is 2. The standard InChI is InChI=1S/C9H17NO4/c1-4-14-9(12)7-10(2)6-5-8(11)13-3/h4-7H2,1-3H3. The molecule has 0 fully saturated rings. The Kier molecular flexibility index (Phi) is 6.74. The molecule has 0 aliphatic rings. The van der Waals surface area contributed by atoms with Gasteiger partial charge in [-0.25, -0.2) is 0 Å². The molecule has 0 rings (SSSR count). The predicted octanol–water partition coefficient (Wildman–Crippen LogP) is 0.0444. The van der Waals surface area contributed by atoms with Crippen LogP contribution in [0.5, 0.6) is 0 Å². The summed E-state index contributed by atoms with van der Waals surface area (Å²) < 4.78 is 9.22. The second-order valence-corrected chi connectivity index (χ2v) is 2.87. The first-order valence-corrected chi connectivity index (χ1v) is 4.51. The molecule has 0 heterocycles. The lowest BCUT2D eigenvalue weighted by Crippen LogP contribution is -2.29. The highest BCUT2D eigenvalue weighted by Gasteiger charge is 2.08. The Morgan fingerprint density at radius 2 is 1.93 bits per heavy atom. The van der Waals surface area contributed by atoms with Crippen LogP contribution in [0, 0.1) is 0 Å². The van der Waals surface area contributed by atoms with Gasteiger partial charge in [0.05, 0.1) is 26.7 Å². The molecule has 0 atom stereocenters. The van der Waals surface area contributed by atoms with E-state index in [2.05, 4.69) is 4.74 Å². The van der Waals surface area contributed by atoms with Crippen LogP contribution < -0.4 is 0 Å². The quantitative estimate of drug-likeness (QED) is 0.571. The Hall–Kier alpha value is -1.10. The van der Waals surface area contributed by atoms with E-state index in [1.807, 2.05) is 0 Å². The molecule has 0 N–H and O–H groups in total. The van der Waals surface area contributed by atoms with Crippen molar-refractivity contribution in [1.29, 1.82) is 0 Å². The molecule has 0 aliphatic heterocycles. The molecule has 0 spiro atoms. The van der Waals surface area contributed by atoms with Crippen molar-refractivity contribution in [1.82, 2.24) is 4.90 Å². The predicted molar refractivity (Wildman–Crippen MR) is 50.8 cm³/mol. The molecule has 0 amide bonds. The van der Waals surface area contributed by atoms with Crippen molar-refractivity contribution in [2.75, 3.05) is 33.9 Å². The van der Waals surface area contributed by atoms with Crippen LogP contribution in [0.15, 0.2) is 0 Å². The highest BCUT2D eigenvalue weighted by atomic mass is 16.5. The number of methoxy groups -OCH3 is 1. The van der Waals surface area contributed by atoms with Crippen molar-refractivity contribution in [2.24, 2.45) is 0 Å². The first-order chi connectivity index (χ1) is 6.60. The number of likely N-dealkylation sites (N-methyl/N-ethyl adjacent to an activating group) is 1. The summed E-state index contributed by atoms with van der Waals surface area (Å²) in [5.74, 6) is -0.555. The molecular formula is C9H17NO4. The molecular weight excluding hydrogens is 186 g/mol. The minimum absolute atomic E-state index is 0.199. The van der Waals surface area contributed by atoms with Crippen LogP contribution in [0.3, 0.4) is 0 Å². The van der Waals surface area contributed by atoms with Crippen LogP contribution in [-0.2, 0) is 19.1 Å². The van der Waals surface area contributed by atoms with Crippen LogP contribution in [0.25, 0.3) is 0 Å². The lowest BCUT2D eigenvalue weighted by atomic mass is 10.4. The zero-order valence-corrected chi connectivity index (χ0v) is 8.91. The SMILES string of the molecule is CCOC(=O)CN(C)CCC(=O)OC. The van der Waals surface area contributed by atoms with Gasteiger partial charge in [-0.1, -0.05) is 0 Å². The van der Waals surface area contributed by atoms with Crippen molar-refractivity contribution in [3.05, 3.63) is 0 Å². The second kappa shape index (κ2) is 7.32. The molecule has 0 saturated carbocycles. The average Bonchev–Trinajstić information content (AvgIpc) is 2.14. The third-order valence-corrected chi connectivity index (χ3v) is 1.63. The van der Waals surface area contributed by atoms with Gasteiger partial charge in [0.25, 0.3) is 0 Å². The van der Waals surface area contributed by atoms with E-state index in [0.717, 1.165) is 0 Å². The van der Waals surface area contributed by atoms with Crippen LogP contribution in [0.2, 0.25) is 0 Å². The first-order valence-electron chi connectivity index (χ1n) is 4.51. The van der Waals surface area contributed by atoms with E-state index in [4.69, 9.17) is 4.74 Å². The minimum Gasteiger partial charge on any atom is -0.469 e. The van der Waals surface area contributed by atoms with Crippen LogP contribution in [0.1, 0.15) is 13.3 Å². The number of carbonyl (C=O) groups is 2. The molecule has 82 valence electrons. The van der Waals surface area contributed by atoms with E-state index in [0.29, 0.717) is 13.2 Å². The van der Waals surface area contributed by atoms with Gasteiger partial charge in [0.1, 0.15) is 0 Å². The van der Waals surface area contributed by atoms with E-state index in [-0.39, 0.29) is 24.9 Å². The molecule has 0 bridgehead atoms. The summed E-state index contributed by atoms with van der Waals surface area (Å²) in [5.41, 5.74) is 0. The number of carbonyl (C=O) groups excluding carboxylic acids is 2. The molecule has 0 aromatic carbocycles. The van der Waals surface area contributed by atoms with Crippen LogP contribution >= 0.6 is 0 Å². The maximum atomic E-state index is 11.0. The first kappa shape index (κ1) is 12.9. The van der Waals surface area contributed by atoms with E-state index < -0.39 is 0 Å². The van der Waals surface area contributed by atoms with E-state index in [1.54, 1.807) is 18.9 Å². The zero-order chi connectivity index (χ0) is 11.0. The summed E-state index contributed by atoms with van der Waals surface area (Å²) in [6.07, 6.45) is 0.284. The van der Waals surface area contributed by atoms with Crippen molar-refractivity contribution in [3.63, 3.8) is 0 Å². The summed E-state index contributed by atoms with van der Waals surface area (Å²) in [6.45, 7) is 2.83. The van der Waals surface area contributed by atoms with E-state index >= 15 is 0 Å². The summed E-state index contributed by atoms with van der Waals surface area (Å²) in [5, 5.41) is 0. The van der Waals surface area contributed by atoms with Crippen molar-refractivity contribution in [3.8, 4) is 0 Å². The van der Waals surface area contributed by atoms with Gasteiger partial charge in [0.2, 0.25) is 0 Å². The van der Waals surface area contributed by atoms with Gasteiger partial charge in [0.15, 0.2) is 0 Å². The largest absolute Gasteiger partial charge is 0.469 e. The molecule has 0 radical (unpaired) electrons. The number of hydrogen-bond acceptors (Lipinski definition) is 5. The van der Waals surface area contributed by atoms with Gasteiger partial charge in [-0.3, -0.25) is 14.5 Å². The zero-order valence-electron chi connectivity index (χ0n) is 8.91. The number of hydrogen-bond donors (Lipinski definition) is 0. The van der Waals surface area contributed by atoms with Gasteiger partial charge < -0.3 is 9.47 Å². The molecule has 0 unspecified atom stereocenters. The fourth-order valence-electron chi connectivity index (χ4n) is 0.890. The summed E-state index contributed by atoms with van der Waals surface area (Å²) in [4.78, 5) is 23.5. The Balaban J connectivity index is 3.59. The molecule has 0 aliphatic carbocycles. The van der Waals surface area contributed by atoms with Crippen LogP contribution in [0.4, 0.5) is 0 Å². The van der Waals surface area contributed by atoms with E-state index in [9.17, 15) is 9.59 Å².